The van der Waals surface area contributed by atoms with Gasteiger partial charge in [-0.25, -0.2) is 14.2 Å². The van der Waals surface area contributed by atoms with Crippen molar-refractivity contribution in [1.82, 2.24) is 4.90 Å². The number of benzene rings is 2. The molecule has 0 atom stereocenters. The zero-order valence-corrected chi connectivity index (χ0v) is 15.7. The van der Waals surface area contributed by atoms with Crippen molar-refractivity contribution >= 4 is 18.0 Å². The van der Waals surface area contributed by atoms with Crippen LogP contribution in [0.15, 0.2) is 41.4 Å². The summed E-state index contributed by atoms with van der Waals surface area (Å²) < 4.78 is 59.3. The van der Waals surface area contributed by atoms with Gasteiger partial charge in [-0.15, -0.1) is 0 Å². The fourth-order valence-corrected chi connectivity index (χ4v) is 2.46. The summed E-state index contributed by atoms with van der Waals surface area (Å²) in [6.45, 7) is 3.21. The standard InChI is InChI=1S/C20H20F4N2O2/c1-4-26(3)12-25-17-10-9-15(13(2)18(17)20(22,23)24)19(27)28-11-14-7-5-6-8-16(14)21/h5-10,12H,4,11H2,1-3H3. The Balaban J connectivity index is 2.33. The molecule has 0 aliphatic carbocycles. The van der Waals surface area contributed by atoms with E-state index in [4.69, 9.17) is 4.74 Å². The fourth-order valence-electron chi connectivity index (χ4n) is 2.46. The van der Waals surface area contributed by atoms with Gasteiger partial charge in [-0.05, 0) is 37.6 Å². The van der Waals surface area contributed by atoms with Crippen LogP contribution in [0.25, 0.3) is 0 Å². The molecule has 0 aliphatic heterocycles. The zero-order valence-electron chi connectivity index (χ0n) is 15.7. The molecule has 8 heteroatoms. The van der Waals surface area contributed by atoms with E-state index in [9.17, 15) is 22.4 Å². The van der Waals surface area contributed by atoms with E-state index in [1.807, 2.05) is 6.92 Å². The maximum atomic E-state index is 13.6. The molecule has 2 aromatic carbocycles. The molecule has 2 rings (SSSR count). The van der Waals surface area contributed by atoms with Crippen molar-refractivity contribution in [3.63, 3.8) is 0 Å². The number of hydrogen-bond acceptors (Lipinski definition) is 3. The molecule has 28 heavy (non-hydrogen) atoms. The normalized spacial score (nSPS) is 11.7. The first-order valence-electron chi connectivity index (χ1n) is 8.50. The van der Waals surface area contributed by atoms with Gasteiger partial charge >= 0.3 is 12.1 Å². The Hall–Kier alpha value is -2.90. The first-order chi connectivity index (χ1) is 13.1. The Morgan fingerprint density at radius 3 is 2.50 bits per heavy atom. The second kappa shape index (κ2) is 8.86. The molecule has 0 saturated carbocycles. The van der Waals surface area contributed by atoms with E-state index >= 15 is 0 Å². The first kappa shape index (κ1) is 21.4. The summed E-state index contributed by atoms with van der Waals surface area (Å²) in [6.07, 6.45) is -3.41. The van der Waals surface area contributed by atoms with Gasteiger partial charge < -0.3 is 9.64 Å². The molecule has 0 aliphatic rings. The average Bonchev–Trinajstić information content (AvgIpc) is 2.64. The predicted molar refractivity (Wildman–Crippen MR) is 98.2 cm³/mol. The number of aliphatic imine (C=N–C) groups is 1. The Kier molecular flexibility index (Phi) is 6.77. The minimum absolute atomic E-state index is 0.133. The molecule has 0 saturated heterocycles. The van der Waals surface area contributed by atoms with Crippen molar-refractivity contribution in [1.29, 1.82) is 0 Å². The highest BCUT2D eigenvalue weighted by molar-refractivity contribution is 5.92. The van der Waals surface area contributed by atoms with Gasteiger partial charge in [0.25, 0.3) is 0 Å². The predicted octanol–water partition coefficient (Wildman–Crippen LogP) is 5.12. The van der Waals surface area contributed by atoms with Crippen molar-refractivity contribution in [2.45, 2.75) is 26.6 Å². The van der Waals surface area contributed by atoms with Crippen LogP contribution in [0.1, 0.15) is 34.0 Å². The van der Waals surface area contributed by atoms with Crippen LogP contribution in [0, 0.1) is 12.7 Å². The molecule has 0 amide bonds. The van der Waals surface area contributed by atoms with Crippen LogP contribution in [0.5, 0.6) is 0 Å². The highest BCUT2D eigenvalue weighted by Gasteiger charge is 2.37. The zero-order chi connectivity index (χ0) is 20.9. The lowest BCUT2D eigenvalue weighted by Crippen LogP contribution is -2.16. The number of alkyl halides is 3. The van der Waals surface area contributed by atoms with Crippen LogP contribution in [0.2, 0.25) is 0 Å². The summed E-state index contributed by atoms with van der Waals surface area (Å²) >= 11 is 0. The Labute approximate surface area is 160 Å². The third-order valence-corrected chi connectivity index (χ3v) is 4.16. The molecule has 0 unspecified atom stereocenters. The first-order valence-corrected chi connectivity index (χ1v) is 8.50. The van der Waals surface area contributed by atoms with Crippen LogP contribution in [-0.2, 0) is 17.5 Å². The van der Waals surface area contributed by atoms with Gasteiger partial charge in [0.1, 0.15) is 12.4 Å². The van der Waals surface area contributed by atoms with Crippen molar-refractivity contribution in [3.05, 3.63) is 64.5 Å². The number of ether oxygens (including phenoxy) is 1. The number of nitrogens with zero attached hydrogens (tertiary/aromatic N) is 2. The Morgan fingerprint density at radius 1 is 1.21 bits per heavy atom. The smallest absolute Gasteiger partial charge is 0.418 e. The summed E-state index contributed by atoms with van der Waals surface area (Å²) in [7, 11) is 1.68. The molecule has 0 aromatic heterocycles. The van der Waals surface area contributed by atoms with Crippen LogP contribution >= 0.6 is 0 Å². The second-order valence-electron chi connectivity index (χ2n) is 6.12. The molecular formula is C20H20F4N2O2. The Morgan fingerprint density at radius 2 is 1.89 bits per heavy atom. The average molecular weight is 396 g/mol. The van der Waals surface area contributed by atoms with E-state index in [-0.39, 0.29) is 29.0 Å². The molecule has 0 fully saturated rings. The minimum Gasteiger partial charge on any atom is -0.457 e. The van der Waals surface area contributed by atoms with E-state index < -0.39 is 23.5 Å². The summed E-state index contributed by atoms with van der Waals surface area (Å²) in [5, 5.41) is 0. The summed E-state index contributed by atoms with van der Waals surface area (Å²) in [4.78, 5) is 17.8. The van der Waals surface area contributed by atoms with Crippen LogP contribution in [-0.4, -0.2) is 30.8 Å². The third-order valence-electron chi connectivity index (χ3n) is 4.16. The van der Waals surface area contributed by atoms with E-state index in [0.29, 0.717) is 6.54 Å². The van der Waals surface area contributed by atoms with Gasteiger partial charge in [0, 0.05) is 19.2 Å². The van der Waals surface area contributed by atoms with Crippen LogP contribution in [0.3, 0.4) is 0 Å². The van der Waals surface area contributed by atoms with Crippen molar-refractivity contribution < 1.29 is 27.1 Å². The lowest BCUT2D eigenvalue weighted by molar-refractivity contribution is -0.137. The molecule has 0 N–H and O–H groups in total. The molecular weight excluding hydrogens is 376 g/mol. The topological polar surface area (TPSA) is 41.9 Å². The molecule has 0 bridgehead atoms. The molecule has 2 aromatic rings. The lowest BCUT2D eigenvalue weighted by Gasteiger charge is -2.17. The Bertz CT molecular complexity index is 879. The molecule has 0 heterocycles. The van der Waals surface area contributed by atoms with E-state index in [1.54, 1.807) is 18.0 Å². The molecule has 0 spiro atoms. The monoisotopic (exact) mass is 396 g/mol. The number of halogens is 4. The van der Waals surface area contributed by atoms with Gasteiger partial charge in [0.15, 0.2) is 0 Å². The maximum absolute atomic E-state index is 13.6. The molecule has 0 radical (unpaired) electrons. The van der Waals surface area contributed by atoms with Crippen LogP contribution < -0.4 is 0 Å². The van der Waals surface area contributed by atoms with Crippen molar-refractivity contribution in [2.24, 2.45) is 4.99 Å². The van der Waals surface area contributed by atoms with E-state index in [0.717, 1.165) is 6.07 Å². The van der Waals surface area contributed by atoms with Gasteiger partial charge in [-0.3, -0.25) is 0 Å². The SMILES string of the molecule is CCN(C)C=Nc1ccc(C(=O)OCc2ccccc2F)c(C)c1C(F)(F)F. The molecule has 150 valence electrons. The highest BCUT2D eigenvalue weighted by atomic mass is 19.4. The number of carbonyl (C=O) groups excluding carboxylic acids is 1. The summed E-state index contributed by atoms with van der Waals surface area (Å²) in [6, 6.07) is 8.03. The van der Waals surface area contributed by atoms with Gasteiger partial charge in [-0.1, -0.05) is 18.2 Å². The van der Waals surface area contributed by atoms with Crippen molar-refractivity contribution in [2.75, 3.05) is 13.6 Å². The molecule has 4 nitrogen and oxygen atoms in total. The van der Waals surface area contributed by atoms with E-state index in [2.05, 4.69) is 4.99 Å². The number of carbonyl (C=O) groups is 1. The largest absolute Gasteiger partial charge is 0.457 e. The van der Waals surface area contributed by atoms with Gasteiger partial charge in [-0.2, -0.15) is 13.2 Å². The highest BCUT2D eigenvalue weighted by Crippen LogP contribution is 2.40. The number of hydrogen-bond donors (Lipinski definition) is 0. The number of rotatable bonds is 6. The third kappa shape index (κ3) is 5.09. The van der Waals surface area contributed by atoms with Gasteiger partial charge in [0.2, 0.25) is 0 Å². The van der Waals surface area contributed by atoms with Crippen molar-refractivity contribution in [3.8, 4) is 0 Å². The quantitative estimate of drug-likeness (QED) is 0.295. The summed E-state index contributed by atoms with van der Waals surface area (Å²) in [5.74, 6) is -1.53. The minimum atomic E-state index is -4.70. The maximum Gasteiger partial charge on any atom is 0.418 e. The number of esters is 1. The van der Waals surface area contributed by atoms with Crippen LogP contribution in [0.4, 0.5) is 23.2 Å². The fraction of sp³-hybridized carbons (Fsp3) is 0.300. The second-order valence-corrected chi connectivity index (χ2v) is 6.12. The lowest BCUT2D eigenvalue weighted by atomic mass is 10.00. The van der Waals surface area contributed by atoms with E-state index in [1.165, 1.54) is 37.5 Å². The van der Waals surface area contributed by atoms with Gasteiger partial charge in [0.05, 0.1) is 23.2 Å². The summed E-state index contributed by atoms with van der Waals surface area (Å²) in [5.41, 5.74) is -1.70.